The first-order valence-electron chi connectivity index (χ1n) is 4.72. The van der Waals surface area contributed by atoms with Crippen LogP contribution >= 0.6 is 0 Å². The summed E-state index contributed by atoms with van der Waals surface area (Å²) in [5.41, 5.74) is 1.13. The second-order valence-corrected chi connectivity index (χ2v) is 3.53. The Morgan fingerprint density at radius 2 is 2.07 bits per heavy atom. The van der Waals surface area contributed by atoms with Crippen LogP contribution < -0.4 is 10.1 Å². The van der Waals surface area contributed by atoms with E-state index in [0.717, 1.165) is 5.75 Å². The molecule has 0 unspecified atom stereocenters. The molecule has 1 aliphatic heterocycles. The van der Waals surface area contributed by atoms with Gasteiger partial charge in [-0.25, -0.2) is 0 Å². The predicted octanol–water partition coefficient (Wildman–Crippen LogP) is 1.14. The summed E-state index contributed by atoms with van der Waals surface area (Å²) in [4.78, 5) is 0. The fraction of sp³-hybridized carbons (Fsp3) is 0.455. The summed E-state index contributed by atoms with van der Waals surface area (Å²) in [6.45, 7) is 1.42. The minimum atomic E-state index is -0.0490. The highest BCUT2D eigenvalue weighted by Gasteiger charge is 2.40. The Hall–Kier alpha value is -1.06. The highest BCUT2D eigenvalue weighted by atomic mass is 16.5. The SMILES string of the molecule is CNC1(c2ccccc2OC)COC1. The van der Waals surface area contributed by atoms with Crippen LogP contribution in [0.1, 0.15) is 5.56 Å². The van der Waals surface area contributed by atoms with Crippen LogP contribution in [0.15, 0.2) is 24.3 Å². The fourth-order valence-corrected chi connectivity index (χ4v) is 1.78. The van der Waals surface area contributed by atoms with Gasteiger partial charge in [0.15, 0.2) is 0 Å². The fourth-order valence-electron chi connectivity index (χ4n) is 1.78. The summed E-state index contributed by atoms with van der Waals surface area (Å²) >= 11 is 0. The Morgan fingerprint density at radius 1 is 1.36 bits per heavy atom. The van der Waals surface area contributed by atoms with Crippen molar-refractivity contribution in [2.75, 3.05) is 27.4 Å². The largest absolute Gasteiger partial charge is 0.496 e. The Balaban J connectivity index is 2.38. The molecule has 1 aromatic rings. The molecule has 0 amide bonds. The molecule has 0 spiro atoms. The highest BCUT2D eigenvalue weighted by molar-refractivity contribution is 5.40. The molecule has 1 saturated heterocycles. The van der Waals surface area contributed by atoms with Gasteiger partial charge in [0.2, 0.25) is 0 Å². The van der Waals surface area contributed by atoms with Gasteiger partial charge in [-0.05, 0) is 13.1 Å². The van der Waals surface area contributed by atoms with Gasteiger partial charge in [0.05, 0.1) is 25.9 Å². The number of para-hydroxylation sites is 1. The molecule has 0 aromatic heterocycles. The lowest BCUT2D eigenvalue weighted by Gasteiger charge is -2.42. The number of nitrogens with one attached hydrogen (secondary N) is 1. The minimum Gasteiger partial charge on any atom is -0.496 e. The van der Waals surface area contributed by atoms with Crippen molar-refractivity contribution in [1.29, 1.82) is 0 Å². The van der Waals surface area contributed by atoms with Crippen LogP contribution in [0, 0.1) is 0 Å². The normalized spacial score (nSPS) is 18.7. The van der Waals surface area contributed by atoms with Gasteiger partial charge in [-0.15, -0.1) is 0 Å². The van der Waals surface area contributed by atoms with E-state index in [0.29, 0.717) is 13.2 Å². The molecule has 1 aliphatic rings. The molecule has 1 N–H and O–H groups in total. The lowest BCUT2D eigenvalue weighted by molar-refractivity contribution is -0.0756. The number of rotatable bonds is 3. The van der Waals surface area contributed by atoms with Crippen molar-refractivity contribution < 1.29 is 9.47 Å². The molecular weight excluding hydrogens is 178 g/mol. The number of hydrogen-bond acceptors (Lipinski definition) is 3. The maximum Gasteiger partial charge on any atom is 0.124 e. The molecule has 14 heavy (non-hydrogen) atoms. The quantitative estimate of drug-likeness (QED) is 0.781. The first-order chi connectivity index (χ1) is 6.82. The van der Waals surface area contributed by atoms with Crippen molar-refractivity contribution in [3.05, 3.63) is 29.8 Å². The molecule has 1 fully saturated rings. The van der Waals surface area contributed by atoms with E-state index in [-0.39, 0.29) is 5.54 Å². The third kappa shape index (κ3) is 1.29. The average molecular weight is 193 g/mol. The molecule has 2 rings (SSSR count). The van der Waals surface area contributed by atoms with Crippen molar-refractivity contribution in [2.24, 2.45) is 0 Å². The maximum absolute atomic E-state index is 5.33. The van der Waals surface area contributed by atoms with Crippen LogP contribution in [0.3, 0.4) is 0 Å². The van der Waals surface area contributed by atoms with E-state index in [1.54, 1.807) is 7.11 Å². The molecule has 0 saturated carbocycles. The first-order valence-corrected chi connectivity index (χ1v) is 4.72. The van der Waals surface area contributed by atoms with Gasteiger partial charge in [-0.3, -0.25) is 0 Å². The molecule has 3 nitrogen and oxygen atoms in total. The van der Waals surface area contributed by atoms with Crippen LogP contribution in [0.4, 0.5) is 0 Å². The van der Waals surface area contributed by atoms with Gasteiger partial charge in [0.1, 0.15) is 5.75 Å². The van der Waals surface area contributed by atoms with E-state index in [1.165, 1.54) is 5.56 Å². The second kappa shape index (κ2) is 3.59. The van der Waals surface area contributed by atoms with Crippen molar-refractivity contribution >= 4 is 0 Å². The van der Waals surface area contributed by atoms with Gasteiger partial charge >= 0.3 is 0 Å². The van der Waals surface area contributed by atoms with Gasteiger partial charge < -0.3 is 14.8 Å². The standard InChI is InChI=1S/C11H15NO2/c1-12-11(7-14-8-11)9-5-3-4-6-10(9)13-2/h3-6,12H,7-8H2,1-2H3. The molecule has 0 atom stereocenters. The van der Waals surface area contributed by atoms with Crippen LogP contribution in [0.25, 0.3) is 0 Å². The van der Waals surface area contributed by atoms with Crippen LogP contribution in [-0.2, 0) is 10.3 Å². The van der Waals surface area contributed by atoms with Crippen molar-refractivity contribution in [2.45, 2.75) is 5.54 Å². The summed E-state index contributed by atoms with van der Waals surface area (Å²) < 4.78 is 10.6. The van der Waals surface area contributed by atoms with Crippen molar-refractivity contribution in [3.8, 4) is 5.75 Å². The van der Waals surface area contributed by atoms with Crippen LogP contribution in [0.2, 0.25) is 0 Å². The third-order valence-corrected chi connectivity index (χ3v) is 2.80. The molecule has 0 bridgehead atoms. The smallest absolute Gasteiger partial charge is 0.124 e. The Kier molecular flexibility index (Phi) is 2.44. The number of likely N-dealkylation sites (N-methyl/N-ethyl adjacent to an activating group) is 1. The Labute approximate surface area is 84.0 Å². The van der Waals surface area contributed by atoms with Crippen LogP contribution in [-0.4, -0.2) is 27.4 Å². The zero-order valence-corrected chi connectivity index (χ0v) is 8.54. The molecule has 3 heteroatoms. The van der Waals surface area contributed by atoms with E-state index in [1.807, 2.05) is 25.2 Å². The first kappa shape index (κ1) is 9.49. The summed E-state index contributed by atoms with van der Waals surface area (Å²) in [6, 6.07) is 8.06. The lowest BCUT2D eigenvalue weighted by atomic mass is 9.87. The third-order valence-electron chi connectivity index (χ3n) is 2.80. The molecule has 76 valence electrons. The molecule has 0 radical (unpaired) electrons. The van der Waals surface area contributed by atoms with E-state index >= 15 is 0 Å². The second-order valence-electron chi connectivity index (χ2n) is 3.53. The van der Waals surface area contributed by atoms with E-state index in [9.17, 15) is 0 Å². The van der Waals surface area contributed by atoms with Gasteiger partial charge in [0, 0.05) is 5.56 Å². The van der Waals surface area contributed by atoms with Crippen LogP contribution in [0.5, 0.6) is 5.75 Å². The van der Waals surface area contributed by atoms with Gasteiger partial charge in [-0.2, -0.15) is 0 Å². The van der Waals surface area contributed by atoms with E-state index in [2.05, 4.69) is 11.4 Å². The monoisotopic (exact) mass is 193 g/mol. The number of hydrogen-bond donors (Lipinski definition) is 1. The average Bonchev–Trinajstić information content (AvgIpc) is 2.18. The van der Waals surface area contributed by atoms with Crippen molar-refractivity contribution in [3.63, 3.8) is 0 Å². The zero-order chi connectivity index (χ0) is 10.0. The molecule has 0 aliphatic carbocycles. The summed E-state index contributed by atoms with van der Waals surface area (Å²) in [5, 5.41) is 3.30. The predicted molar refractivity (Wildman–Crippen MR) is 54.6 cm³/mol. The van der Waals surface area contributed by atoms with E-state index < -0.39 is 0 Å². The Morgan fingerprint density at radius 3 is 2.57 bits per heavy atom. The summed E-state index contributed by atoms with van der Waals surface area (Å²) in [7, 11) is 3.65. The maximum atomic E-state index is 5.33. The summed E-state index contributed by atoms with van der Waals surface area (Å²) in [6.07, 6.45) is 0. The number of benzene rings is 1. The van der Waals surface area contributed by atoms with Crippen molar-refractivity contribution in [1.82, 2.24) is 5.32 Å². The number of ether oxygens (including phenoxy) is 2. The minimum absolute atomic E-state index is 0.0490. The molecule has 1 heterocycles. The topological polar surface area (TPSA) is 30.5 Å². The summed E-state index contributed by atoms with van der Waals surface area (Å²) in [5.74, 6) is 0.921. The van der Waals surface area contributed by atoms with E-state index in [4.69, 9.17) is 9.47 Å². The Bertz CT molecular complexity index is 315. The highest BCUT2D eigenvalue weighted by Crippen LogP contribution is 2.35. The lowest BCUT2D eigenvalue weighted by Crippen LogP contribution is -2.56. The molecular formula is C11H15NO2. The zero-order valence-electron chi connectivity index (χ0n) is 8.54. The van der Waals surface area contributed by atoms with Gasteiger partial charge in [0.25, 0.3) is 0 Å². The van der Waals surface area contributed by atoms with Gasteiger partial charge in [-0.1, -0.05) is 18.2 Å². The number of methoxy groups -OCH3 is 1. The molecule has 1 aromatic carbocycles.